The van der Waals surface area contributed by atoms with Crippen LogP contribution in [0.5, 0.6) is 5.75 Å². The van der Waals surface area contributed by atoms with Crippen molar-refractivity contribution in [2.75, 3.05) is 32.5 Å². The van der Waals surface area contributed by atoms with Gasteiger partial charge in [-0.1, -0.05) is 24.8 Å². The minimum Gasteiger partial charge on any atom is -0.496 e. The molecule has 1 saturated carbocycles. The van der Waals surface area contributed by atoms with Gasteiger partial charge in [-0.15, -0.1) is 10.2 Å². The van der Waals surface area contributed by atoms with E-state index >= 15 is 0 Å². The molecule has 2 atom stereocenters. The van der Waals surface area contributed by atoms with Crippen LogP contribution in [-0.4, -0.2) is 57.1 Å². The lowest BCUT2D eigenvalue weighted by Gasteiger charge is -2.22. The first-order valence-electron chi connectivity index (χ1n) is 11.5. The molecule has 0 unspecified atom stereocenters. The third-order valence-electron chi connectivity index (χ3n) is 7.48. The fourth-order valence-corrected chi connectivity index (χ4v) is 6.38. The number of fused-ring (bicyclic) bond motifs is 1. The van der Waals surface area contributed by atoms with Gasteiger partial charge in [0, 0.05) is 31.3 Å². The fourth-order valence-electron chi connectivity index (χ4n) is 5.54. The molecule has 0 amide bonds. The third kappa shape index (κ3) is 4.12. The number of aryl methyl sites for hydroxylation is 1. The molecule has 1 saturated heterocycles. The lowest BCUT2D eigenvalue weighted by molar-refractivity contribution is -0.138. The number of oxazole rings is 1. The Bertz CT molecular complexity index is 1240. The van der Waals surface area contributed by atoms with Crippen LogP contribution in [0.1, 0.15) is 36.6 Å². The van der Waals surface area contributed by atoms with Crippen molar-refractivity contribution in [3.05, 3.63) is 41.4 Å². The average Bonchev–Trinajstić information content (AvgIpc) is 3.14. The topological polar surface area (TPSA) is 69.2 Å². The Kier molecular flexibility index (Phi) is 5.90. The van der Waals surface area contributed by atoms with Crippen LogP contribution in [0.15, 0.2) is 34.2 Å². The Hall–Kier alpha value is -2.53. The zero-order valence-corrected chi connectivity index (χ0v) is 21.0. The first-order valence-corrected chi connectivity index (χ1v) is 12.5. The monoisotopic (exact) mass is 507 g/mol. The van der Waals surface area contributed by atoms with Crippen LogP contribution in [0.3, 0.4) is 0 Å². The molecule has 188 valence electrons. The van der Waals surface area contributed by atoms with Crippen LogP contribution in [0, 0.1) is 12.3 Å². The number of hydrogen-bond acceptors (Lipinski definition) is 7. The molecule has 0 radical (unpaired) electrons. The zero-order valence-electron chi connectivity index (χ0n) is 20.1. The highest BCUT2D eigenvalue weighted by molar-refractivity contribution is 7.99. The van der Waals surface area contributed by atoms with Gasteiger partial charge in [0.25, 0.3) is 0 Å². The minimum atomic E-state index is -4.44. The lowest BCUT2D eigenvalue weighted by Crippen LogP contribution is -2.28. The Morgan fingerprint density at radius 2 is 2.03 bits per heavy atom. The number of ether oxygens (including phenoxy) is 1. The number of aromatic nitrogens is 4. The first-order chi connectivity index (χ1) is 16.6. The summed E-state index contributed by atoms with van der Waals surface area (Å²) < 4.78 is 53.0. The van der Waals surface area contributed by atoms with Crippen LogP contribution in [0.25, 0.3) is 11.6 Å². The van der Waals surface area contributed by atoms with Crippen LogP contribution in [-0.2, 0) is 18.6 Å². The summed E-state index contributed by atoms with van der Waals surface area (Å²) in [7, 11) is 3.18. The summed E-state index contributed by atoms with van der Waals surface area (Å²) in [5.41, 5.74) is 0.621. The molecular formula is C24H28F3N5O2S. The molecule has 2 aliphatic rings. The van der Waals surface area contributed by atoms with Gasteiger partial charge in [0.15, 0.2) is 17.3 Å². The molecule has 2 fully saturated rings. The number of piperidine rings is 1. The molecule has 7 nitrogen and oxygen atoms in total. The number of nitrogens with zero attached hydrogens (tertiary/aromatic N) is 5. The van der Waals surface area contributed by atoms with E-state index in [0.717, 1.165) is 54.6 Å². The molecule has 3 heterocycles. The van der Waals surface area contributed by atoms with Crippen LogP contribution < -0.4 is 4.74 Å². The number of likely N-dealkylation sites (tertiary alicyclic amines) is 1. The van der Waals surface area contributed by atoms with Gasteiger partial charge in [-0.25, -0.2) is 4.98 Å². The second-order valence-corrected chi connectivity index (χ2v) is 10.8. The standard InChI is InChI=1S/C24H28F3N5O2S/c1-15-19(34-14-28-15)20-29-30-21(31(20)3)35-9-5-8-32-12-22(2)11-23(22,13-32)16-6-7-18(33-4)17(10-16)24(25,26)27/h6-7,10,14H,5,8-9,11-13H2,1-4H3/t22-,23+/m1/s1. The fraction of sp³-hybridized carbons (Fsp3) is 0.542. The van der Waals surface area contributed by atoms with Gasteiger partial charge in [0.05, 0.1) is 18.4 Å². The second kappa shape index (κ2) is 8.55. The van der Waals surface area contributed by atoms with Crippen molar-refractivity contribution in [3.8, 4) is 17.3 Å². The summed E-state index contributed by atoms with van der Waals surface area (Å²) >= 11 is 1.63. The molecule has 0 bridgehead atoms. The maximum Gasteiger partial charge on any atom is 0.419 e. The van der Waals surface area contributed by atoms with Gasteiger partial charge < -0.3 is 18.6 Å². The molecule has 1 aliphatic heterocycles. The highest BCUT2D eigenvalue weighted by Crippen LogP contribution is 2.69. The van der Waals surface area contributed by atoms with Gasteiger partial charge in [-0.05, 0) is 49.4 Å². The van der Waals surface area contributed by atoms with Crippen molar-refractivity contribution in [1.29, 1.82) is 0 Å². The summed E-state index contributed by atoms with van der Waals surface area (Å²) in [6.45, 7) is 6.61. The summed E-state index contributed by atoms with van der Waals surface area (Å²) in [6.07, 6.45) is -1.19. The van der Waals surface area contributed by atoms with E-state index in [-0.39, 0.29) is 16.6 Å². The Balaban J connectivity index is 1.20. The van der Waals surface area contributed by atoms with E-state index in [1.807, 2.05) is 18.5 Å². The number of alkyl halides is 3. The van der Waals surface area contributed by atoms with Gasteiger partial charge in [-0.2, -0.15) is 13.2 Å². The van der Waals surface area contributed by atoms with E-state index in [4.69, 9.17) is 9.15 Å². The Labute approximate surface area is 206 Å². The van der Waals surface area contributed by atoms with E-state index in [2.05, 4.69) is 27.0 Å². The largest absolute Gasteiger partial charge is 0.496 e. The highest BCUT2D eigenvalue weighted by atomic mass is 32.2. The Morgan fingerprint density at radius 3 is 2.71 bits per heavy atom. The van der Waals surface area contributed by atoms with Crippen LogP contribution in [0.2, 0.25) is 0 Å². The maximum absolute atomic E-state index is 13.6. The van der Waals surface area contributed by atoms with Crippen molar-refractivity contribution >= 4 is 11.8 Å². The normalized spacial score (nSPS) is 24.1. The number of benzene rings is 1. The van der Waals surface area contributed by atoms with Gasteiger partial charge in [0.2, 0.25) is 5.82 Å². The number of methoxy groups -OCH3 is 1. The smallest absolute Gasteiger partial charge is 0.419 e. The predicted octanol–water partition coefficient (Wildman–Crippen LogP) is 4.95. The molecular weight excluding hydrogens is 479 g/mol. The number of rotatable bonds is 8. The third-order valence-corrected chi connectivity index (χ3v) is 8.59. The molecule has 0 N–H and O–H groups in total. The van der Waals surface area contributed by atoms with Gasteiger partial charge >= 0.3 is 6.18 Å². The summed E-state index contributed by atoms with van der Waals surface area (Å²) in [4.78, 5) is 6.49. The van der Waals surface area contributed by atoms with Crippen molar-refractivity contribution in [1.82, 2.24) is 24.6 Å². The lowest BCUT2D eigenvalue weighted by atomic mass is 9.88. The minimum absolute atomic E-state index is 0.00499. The molecule has 35 heavy (non-hydrogen) atoms. The van der Waals surface area contributed by atoms with E-state index in [1.54, 1.807) is 17.8 Å². The average molecular weight is 508 g/mol. The van der Waals surface area contributed by atoms with Crippen LogP contribution in [0.4, 0.5) is 13.2 Å². The van der Waals surface area contributed by atoms with Crippen molar-refractivity contribution in [2.45, 2.75) is 43.4 Å². The highest BCUT2D eigenvalue weighted by Gasteiger charge is 2.69. The molecule has 1 aliphatic carbocycles. The zero-order chi connectivity index (χ0) is 25.0. The number of halogens is 3. The maximum atomic E-state index is 13.6. The quantitative estimate of drug-likeness (QED) is 0.316. The van der Waals surface area contributed by atoms with E-state index in [9.17, 15) is 13.2 Å². The SMILES string of the molecule is COc1ccc([C@]23CN(CCCSc4nnc(-c5ocnc5C)n4C)C[C@@]2(C)C3)cc1C(F)(F)F. The molecule has 2 aromatic heterocycles. The molecule has 1 aromatic carbocycles. The van der Waals surface area contributed by atoms with Crippen molar-refractivity contribution in [3.63, 3.8) is 0 Å². The number of thioether (sulfide) groups is 1. The summed E-state index contributed by atoms with van der Waals surface area (Å²) in [5, 5.41) is 9.32. The van der Waals surface area contributed by atoms with E-state index in [0.29, 0.717) is 11.6 Å². The van der Waals surface area contributed by atoms with Crippen molar-refractivity contribution < 1.29 is 22.3 Å². The first kappa shape index (κ1) is 24.2. The van der Waals surface area contributed by atoms with Gasteiger partial charge in [-0.3, -0.25) is 0 Å². The number of hydrogen-bond donors (Lipinski definition) is 0. The van der Waals surface area contributed by atoms with Crippen LogP contribution >= 0.6 is 11.8 Å². The van der Waals surface area contributed by atoms with Gasteiger partial charge in [0.1, 0.15) is 5.75 Å². The second-order valence-electron chi connectivity index (χ2n) is 9.78. The molecule has 11 heteroatoms. The van der Waals surface area contributed by atoms with E-state index < -0.39 is 11.7 Å². The predicted molar refractivity (Wildman–Crippen MR) is 125 cm³/mol. The molecule has 0 spiro atoms. The van der Waals surface area contributed by atoms with Crippen molar-refractivity contribution in [2.24, 2.45) is 12.5 Å². The summed E-state index contributed by atoms with van der Waals surface area (Å²) in [5.74, 6) is 2.00. The molecule has 3 aromatic rings. The summed E-state index contributed by atoms with van der Waals surface area (Å²) in [6, 6.07) is 4.56. The van der Waals surface area contributed by atoms with E-state index in [1.165, 1.54) is 25.6 Å². The Morgan fingerprint density at radius 1 is 1.23 bits per heavy atom. The molecule has 5 rings (SSSR count).